The number of aromatic nitrogens is 5. The van der Waals surface area contributed by atoms with E-state index in [1.165, 1.54) is 0 Å². The van der Waals surface area contributed by atoms with E-state index in [0.717, 1.165) is 66.8 Å². The summed E-state index contributed by atoms with van der Waals surface area (Å²) in [6.07, 6.45) is 5.07. The zero-order chi connectivity index (χ0) is 28.9. The van der Waals surface area contributed by atoms with Crippen molar-refractivity contribution in [2.24, 2.45) is 5.41 Å². The molecule has 2 aliphatic heterocycles. The van der Waals surface area contributed by atoms with Crippen LogP contribution >= 0.6 is 0 Å². The number of hydrogen-bond donors (Lipinski definition) is 2. The highest BCUT2D eigenvalue weighted by Gasteiger charge is 2.46. The van der Waals surface area contributed by atoms with Gasteiger partial charge in [-0.1, -0.05) is 50.3 Å². The number of β-amino-alcohol motifs (C(OH)–C–C–N with tert-alkyl or cyclic N) is 1. The summed E-state index contributed by atoms with van der Waals surface area (Å²) in [7, 11) is 0. The van der Waals surface area contributed by atoms with Crippen LogP contribution in [0.5, 0.6) is 0 Å². The fraction of sp³-hybridized carbons (Fsp3) is 0.600. The number of carbonyl (C=O) groups excluding carboxylic acids is 2. The summed E-state index contributed by atoms with van der Waals surface area (Å²) >= 11 is 0. The molecule has 2 aromatic heterocycles. The van der Waals surface area contributed by atoms with Crippen LogP contribution in [-0.4, -0.2) is 84.8 Å². The summed E-state index contributed by atoms with van der Waals surface area (Å²) in [6.45, 7) is 9.55. The summed E-state index contributed by atoms with van der Waals surface area (Å²) in [5.74, 6) is 0.882. The number of benzene rings is 1. The Bertz CT molecular complexity index is 1440. The van der Waals surface area contributed by atoms with Gasteiger partial charge in [0.2, 0.25) is 11.8 Å². The van der Waals surface area contributed by atoms with Gasteiger partial charge in [-0.25, -0.2) is 4.68 Å². The van der Waals surface area contributed by atoms with Gasteiger partial charge in [0.05, 0.1) is 17.5 Å². The topological polar surface area (TPSA) is 129 Å². The normalized spacial score (nSPS) is 22.8. The molecule has 1 aromatic carbocycles. The largest absolute Gasteiger partial charge is 0.391 e. The van der Waals surface area contributed by atoms with Crippen molar-refractivity contribution in [1.82, 2.24) is 35.4 Å². The molecule has 6 rings (SSSR count). The highest BCUT2D eigenvalue weighted by Crippen LogP contribution is 2.40. The Kier molecular flexibility index (Phi) is 7.17. The molecule has 11 heteroatoms. The predicted molar refractivity (Wildman–Crippen MR) is 154 cm³/mol. The third-order valence-electron chi connectivity index (χ3n) is 8.70. The van der Waals surface area contributed by atoms with Crippen molar-refractivity contribution >= 4 is 28.4 Å². The minimum Gasteiger partial charge on any atom is -0.391 e. The van der Waals surface area contributed by atoms with Crippen LogP contribution in [0.3, 0.4) is 0 Å². The van der Waals surface area contributed by atoms with E-state index < -0.39 is 23.6 Å². The average molecular weight is 561 g/mol. The lowest BCUT2D eigenvalue weighted by atomic mass is 9.85. The quantitative estimate of drug-likeness (QED) is 0.471. The van der Waals surface area contributed by atoms with Crippen molar-refractivity contribution < 1.29 is 14.7 Å². The van der Waals surface area contributed by atoms with E-state index in [9.17, 15) is 14.7 Å². The van der Waals surface area contributed by atoms with Crippen LogP contribution in [0, 0.1) is 12.3 Å². The van der Waals surface area contributed by atoms with Crippen LogP contribution in [0.25, 0.3) is 10.8 Å². The zero-order valence-corrected chi connectivity index (χ0v) is 24.3. The number of hydrogen-bond acceptors (Lipinski definition) is 8. The minimum absolute atomic E-state index is 0.0204. The van der Waals surface area contributed by atoms with E-state index in [0.29, 0.717) is 5.92 Å². The number of nitrogens with one attached hydrogen (secondary N) is 1. The van der Waals surface area contributed by atoms with E-state index in [1.54, 1.807) is 9.58 Å². The average Bonchev–Trinajstić information content (AvgIpc) is 3.55. The van der Waals surface area contributed by atoms with Gasteiger partial charge in [-0.15, -0.1) is 10.2 Å². The minimum atomic E-state index is -0.747. The molecule has 2 unspecified atom stereocenters. The van der Waals surface area contributed by atoms with Gasteiger partial charge in [-0.3, -0.25) is 9.59 Å². The van der Waals surface area contributed by atoms with Crippen LogP contribution in [0.1, 0.15) is 76.2 Å². The molecule has 1 aliphatic carbocycles. The Morgan fingerprint density at radius 2 is 1.73 bits per heavy atom. The molecule has 218 valence electrons. The zero-order valence-electron chi connectivity index (χ0n) is 24.3. The first-order chi connectivity index (χ1) is 19.6. The van der Waals surface area contributed by atoms with Gasteiger partial charge in [0.1, 0.15) is 12.1 Å². The molecular weight excluding hydrogens is 520 g/mol. The number of aryl methyl sites for hydroxylation is 1. The molecule has 1 saturated carbocycles. The number of fused-ring (bicyclic) bond motifs is 1. The molecule has 0 radical (unpaired) electrons. The molecule has 41 heavy (non-hydrogen) atoms. The first-order valence-corrected chi connectivity index (χ1v) is 14.8. The predicted octanol–water partition coefficient (Wildman–Crippen LogP) is 2.74. The molecule has 3 atom stereocenters. The molecule has 3 fully saturated rings. The standard InChI is InChI=1S/C30H40N8O3/c1-18-22-7-5-6-8-23(22)27(34-32-18)36-13-11-20(12-14-36)31-28(40)25-15-21(39)16-37(25)29(41)26(30(2,3)4)38-17-24(33-35-38)19-9-10-19/h5-8,17,19-21,25-26,39H,9-16H2,1-4H3,(H,31,40)/t21?,25?,26-/m1/s1. The molecule has 0 spiro atoms. The molecule has 3 aliphatic rings. The number of piperidine rings is 1. The number of nitrogens with zero attached hydrogens (tertiary/aromatic N) is 7. The second kappa shape index (κ2) is 10.7. The smallest absolute Gasteiger partial charge is 0.248 e. The molecule has 4 heterocycles. The summed E-state index contributed by atoms with van der Waals surface area (Å²) in [6, 6.07) is 6.80. The lowest BCUT2D eigenvalue weighted by Crippen LogP contribution is -2.53. The van der Waals surface area contributed by atoms with Crippen LogP contribution in [-0.2, 0) is 9.59 Å². The summed E-state index contributed by atoms with van der Waals surface area (Å²) < 4.78 is 1.66. The van der Waals surface area contributed by atoms with Gasteiger partial charge in [-0.2, -0.15) is 5.10 Å². The fourth-order valence-electron chi connectivity index (χ4n) is 6.32. The van der Waals surface area contributed by atoms with E-state index in [4.69, 9.17) is 0 Å². The van der Waals surface area contributed by atoms with Crippen molar-refractivity contribution in [2.45, 2.75) is 89.9 Å². The van der Waals surface area contributed by atoms with Gasteiger partial charge < -0.3 is 20.2 Å². The molecule has 0 bridgehead atoms. The van der Waals surface area contributed by atoms with Gasteiger partial charge in [0.25, 0.3) is 0 Å². The summed E-state index contributed by atoms with van der Waals surface area (Å²) in [5.41, 5.74) is 1.36. The van der Waals surface area contributed by atoms with Gasteiger partial charge >= 0.3 is 0 Å². The Morgan fingerprint density at radius 1 is 1.02 bits per heavy atom. The summed E-state index contributed by atoms with van der Waals surface area (Å²) in [4.78, 5) is 31.3. The van der Waals surface area contributed by atoms with Crippen molar-refractivity contribution in [3.8, 4) is 0 Å². The van der Waals surface area contributed by atoms with Crippen LogP contribution in [0.2, 0.25) is 0 Å². The molecule has 11 nitrogen and oxygen atoms in total. The monoisotopic (exact) mass is 560 g/mol. The fourth-order valence-corrected chi connectivity index (χ4v) is 6.32. The van der Waals surface area contributed by atoms with E-state index in [-0.39, 0.29) is 30.8 Å². The third kappa shape index (κ3) is 5.51. The van der Waals surface area contributed by atoms with E-state index in [1.807, 2.05) is 46.0 Å². The SMILES string of the molecule is Cc1nnc(N2CCC(NC(=O)C3CC(O)CN3C(=O)[C@@H](n3cc(C4CC4)nn3)C(C)(C)C)CC2)c2ccccc12. The van der Waals surface area contributed by atoms with Crippen molar-refractivity contribution in [3.63, 3.8) is 0 Å². The first-order valence-electron chi connectivity index (χ1n) is 14.8. The van der Waals surface area contributed by atoms with Crippen molar-refractivity contribution in [2.75, 3.05) is 24.5 Å². The lowest BCUT2D eigenvalue weighted by molar-refractivity contribution is -0.144. The van der Waals surface area contributed by atoms with Crippen molar-refractivity contribution in [1.29, 1.82) is 0 Å². The van der Waals surface area contributed by atoms with E-state index in [2.05, 4.69) is 42.9 Å². The van der Waals surface area contributed by atoms with Crippen LogP contribution < -0.4 is 10.2 Å². The summed E-state index contributed by atoms with van der Waals surface area (Å²) in [5, 5.41) is 33.4. The number of anilines is 1. The Morgan fingerprint density at radius 3 is 2.41 bits per heavy atom. The van der Waals surface area contributed by atoms with Gasteiger partial charge in [-0.05, 0) is 38.0 Å². The maximum absolute atomic E-state index is 14.0. The maximum Gasteiger partial charge on any atom is 0.248 e. The lowest BCUT2D eigenvalue weighted by Gasteiger charge is -2.36. The van der Waals surface area contributed by atoms with Crippen LogP contribution in [0.4, 0.5) is 5.82 Å². The molecule has 2 N–H and O–H groups in total. The molecule has 2 amide bonds. The molecule has 3 aromatic rings. The van der Waals surface area contributed by atoms with Gasteiger partial charge in [0, 0.05) is 55.0 Å². The number of aliphatic hydroxyl groups is 1. The third-order valence-corrected chi connectivity index (χ3v) is 8.70. The number of rotatable bonds is 6. The number of likely N-dealkylation sites (tertiary alicyclic amines) is 1. The highest BCUT2D eigenvalue weighted by atomic mass is 16.3. The second-order valence-corrected chi connectivity index (χ2v) is 13.0. The molecular formula is C30H40N8O3. The maximum atomic E-state index is 14.0. The van der Waals surface area contributed by atoms with Gasteiger partial charge in [0.15, 0.2) is 5.82 Å². The van der Waals surface area contributed by atoms with Crippen LogP contribution in [0.15, 0.2) is 30.5 Å². The van der Waals surface area contributed by atoms with Crippen molar-refractivity contribution in [3.05, 3.63) is 41.9 Å². The molecule has 2 saturated heterocycles. The highest BCUT2D eigenvalue weighted by molar-refractivity contribution is 5.93. The Labute approximate surface area is 240 Å². The number of carbonyl (C=O) groups is 2. The Hall–Kier alpha value is -3.60. The Balaban J connectivity index is 1.13. The first kappa shape index (κ1) is 27.6. The number of aliphatic hydroxyl groups excluding tert-OH is 1. The second-order valence-electron chi connectivity index (χ2n) is 13.0. The van der Waals surface area contributed by atoms with E-state index >= 15 is 0 Å². The number of amides is 2.